The Kier molecular flexibility index (Phi) is 2.62. The summed E-state index contributed by atoms with van der Waals surface area (Å²) < 4.78 is 0. The van der Waals surface area contributed by atoms with Crippen molar-refractivity contribution in [2.24, 2.45) is 11.5 Å². The van der Waals surface area contributed by atoms with Crippen LogP contribution in [0.1, 0.15) is 10.4 Å². The quantitative estimate of drug-likeness (QED) is 0.456. The smallest absolute Gasteiger partial charge is 0.123 e. The van der Waals surface area contributed by atoms with Crippen molar-refractivity contribution in [2.75, 3.05) is 6.54 Å². The third-order valence-corrected chi connectivity index (χ3v) is 2.35. The van der Waals surface area contributed by atoms with E-state index in [-0.39, 0.29) is 5.84 Å². The van der Waals surface area contributed by atoms with E-state index in [9.17, 15) is 0 Å². The summed E-state index contributed by atoms with van der Waals surface area (Å²) in [7, 11) is 0. The second-order valence-corrected chi connectivity index (χ2v) is 3.25. The third kappa shape index (κ3) is 2.03. The molecule has 1 aromatic heterocycles. The summed E-state index contributed by atoms with van der Waals surface area (Å²) in [5, 5.41) is 9.02. The highest BCUT2D eigenvalue weighted by atomic mass is 32.1. The molecule has 11 heavy (non-hydrogen) atoms. The fourth-order valence-electron chi connectivity index (χ4n) is 0.795. The Balaban J connectivity index is 2.73. The van der Waals surface area contributed by atoms with Gasteiger partial charge in [-0.15, -0.1) is 11.3 Å². The number of hydrogen-bond acceptors (Lipinski definition) is 3. The van der Waals surface area contributed by atoms with Gasteiger partial charge in [-0.1, -0.05) is 0 Å². The molecular weight excluding hydrogens is 158 g/mol. The second kappa shape index (κ2) is 3.50. The molecule has 0 radical (unpaired) electrons. The number of rotatable bonds is 3. The molecule has 0 fully saturated rings. The first-order valence-electron chi connectivity index (χ1n) is 3.36. The van der Waals surface area contributed by atoms with E-state index >= 15 is 0 Å². The predicted molar refractivity (Wildman–Crippen MR) is 48.1 cm³/mol. The van der Waals surface area contributed by atoms with Crippen LogP contribution < -0.4 is 11.5 Å². The van der Waals surface area contributed by atoms with Gasteiger partial charge in [0.05, 0.1) is 0 Å². The van der Waals surface area contributed by atoms with Crippen molar-refractivity contribution in [1.82, 2.24) is 0 Å². The molecule has 0 saturated heterocycles. The van der Waals surface area contributed by atoms with Crippen LogP contribution in [0.15, 0.2) is 11.4 Å². The van der Waals surface area contributed by atoms with Crippen LogP contribution in [-0.4, -0.2) is 12.4 Å². The Labute approximate surface area is 69.5 Å². The van der Waals surface area contributed by atoms with Crippen LogP contribution in [0.25, 0.3) is 0 Å². The maximum absolute atomic E-state index is 7.13. The van der Waals surface area contributed by atoms with E-state index < -0.39 is 0 Å². The van der Waals surface area contributed by atoms with Gasteiger partial charge in [-0.3, -0.25) is 5.41 Å². The number of hydrogen-bond donors (Lipinski definition) is 3. The zero-order valence-electron chi connectivity index (χ0n) is 6.13. The molecule has 1 heterocycles. The van der Waals surface area contributed by atoms with Crippen LogP contribution in [0, 0.1) is 5.41 Å². The minimum Gasteiger partial charge on any atom is -0.384 e. The fourth-order valence-corrected chi connectivity index (χ4v) is 1.70. The van der Waals surface area contributed by atoms with Crippen molar-refractivity contribution in [2.45, 2.75) is 6.42 Å². The molecule has 1 aromatic rings. The lowest BCUT2D eigenvalue weighted by Crippen LogP contribution is -2.09. The van der Waals surface area contributed by atoms with Gasteiger partial charge in [0.2, 0.25) is 0 Å². The maximum Gasteiger partial charge on any atom is 0.123 e. The minimum absolute atomic E-state index is 0.129. The van der Waals surface area contributed by atoms with Crippen LogP contribution in [0.3, 0.4) is 0 Å². The topological polar surface area (TPSA) is 75.9 Å². The minimum atomic E-state index is 0.129. The molecule has 3 nitrogen and oxygen atoms in total. The molecule has 4 heteroatoms. The van der Waals surface area contributed by atoms with E-state index in [1.807, 2.05) is 11.4 Å². The lowest BCUT2D eigenvalue weighted by atomic mass is 10.2. The van der Waals surface area contributed by atoms with Crippen molar-refractivity contribution < 1.29 is 0 Å². The van der Waals surface area contributed by atoms with Gasteiger partial charge in [0, 0.05) is 15.8 Å². The molecule has 0 unspecified atom stereocenters. The van der Waals surface area contributed by atoms with Crippen molar-refractivity contribution in [3.05, 3.63) is 21.9 Å². The summed E-state index contributed by atoms with van der Waals surface area (Å²) in [6.07, 6.45) is 0.873. The second-order valence-electron chi connectivity index (χ2n) is 2.25. The first-order valence-corrected chi connectivity index (χ1v) is 4.24. The van der Waals surface area contributed by atoms with Crippen molar-refractivity contribution in [3.8, 4) is 0 Å². The van der Waals surface area contributed by atoms with E-state index in [0.29, 0.717) is 6.54 Å². The van der Waals surface area contributed by atoms with Crippen LogP contribution in [0.2, 0.25) is 0 Å². The molecule has 0 spiro atoms. The van der Waals surface area contributed by atoms with Gasteiger partial charge >= 0.3 is 0 Å². The van der Waals surface area contributed by atoms with Gasteiger partial charge in [0.15, 0.2) is 0 Å². The summed E-state index contributed by atoms with van der Waals surface area (Å²) in [6, 6.07) is 1.92. The normalized spacial score (nSPS) is 9.91. The first kappa shape index (κ1) is 8.23. The lowest BCUT2D eigenvalue weighted by Gasteiger charge is -1.89. The standard InChI is InChI=1S/C7H11N3S/c8-2-1-6-3-5(4-11-6)7(9)10/h3-4H,1-2,8H2,(H3,9,10). The number of nitrogens with one attached hydrogen (secondary N) is 1. The third-order valence-electron chi connectivity index (χ3n) is 1.36. The summed E-state index contributed by atoms with van der Waals surface area (Å²) >= 11 is 1.60. The summed E-state index contributed by atoms with van der Waals surface area (Å²) in [5.41, 5.74) is 11.5. The van der Waals surface area contributed by atoms with Crippen molar-refractivity contribution in [1.29, 1.82) is 5.41 Å². The average molecular weight is 169 g/mol. The Morgan fingerprint density at radius 2 is 2.36 bits per heavy atom. The zero-order valence-corrected chi connectivity index (χ0v) is 6.95. The Morgan fingerprint density at radius 1 is 1.64 bits per heavy atom. The highest BCUT2D eigenvalue weighted by molar-refractivity contribution is 7.10. The Hall–Kier alpha value is -0.870. The first-order chi connectivity index (χ1) is 5.24. The van der Waals surface area contributed by atoms with Gasteiger partial charge < -0.3 is 11.5 Å². The monoisotopic (exact) mass is 169 g/mol. The average Bonchev–Trinajstić information content (AvgIpc) is 2.37. The Morgan fingerprint density at radius 3 is 2.82 bits per heavy atom. The number of nitrogens with two attached hydrogens (primary N) is 2. The molecule has 60 valence electrons. The van der Waals surface area contributed by atoms with Crippen LogP contribution in [0.5, 0.6) is 0 Å². The lowest BCUT2D eigenvalue weighted by molar-refractivity contribution is 0.988. The van der Waals surface area contributed by atoms with Crippen LogP contribution >= 0.6 is 11.3 Å². The summed E-state index contributed by atoms with van der Waals surface area (Å²) in [5.74, 6) is 0.129. The van der Waals surface area contributed by atoms with E-state index in [1.165, 1.54) is 4.88 Å². The molecule has 0 aliphatic heterocycles. The van der Waals surface area contributed by atoms with E-state index in [1.54, 1.807) is 11.3 Å². The largest absolute Gasteiger partial charge is 0.384 e. The highest BCUT2D eigenvalue weighted by Gasteiger charge is 2.00. The van der Waals surface area contributed by atoms with E-state index in [0.717, 1.165) is 12.0 Å². The molecule has 0 aliphatic rings. The molecule has 0 aromatic carbocycles. The fraction of sp³-hybridized carbons (Fsp3) is 0.286. The zero-order chi connectivity index (χ0) is 8.27. The Bertz CT molecular complexity index is 254. The number of thiophene rings is 1. The maximum atomic E-state index is 7.13. The predicted octanol–water partition coefficient (Wildman–Crippen LogP) is 0.533. The molecule has 0 saturated carbocycles. The number of nitrogen functional groups attached to an aromatic ring is 1. The molecule has 5 N–H and O–H groups in total. The van der Waals surface area contributed by atoms with E-state index in [2.05, 4.69) is 0 Å². The van der Waals surface area contributed by atoms with Gasteiger partial charge in [0.25, 0.3) is 0 Å². The van der Waals surface area contributed by atoms with Crippen LogP contribution in [-0.2, 0) is 6.42 Å². The van der Waals surface area contributed by atoms with Crippen LogP contribution in [0.4, 0.5) is 0 Å². The molecule has 0 atom stereocenters. The molecule has 1 rings (SSSR count). The SMILES string of the molecule is N=C(N)c1csc(CCN)c1. The molecule has 0 bridgehead atoms. The molecule has 0 aliphatic carbocycles. The van der Waals surface area contributed by atoms with Crippen molar-refractivity contribution >= 4 is 17.2 Å². The summed E-state index contributed by atoms with van der Waals surface area (Å²) in [4.78, 5) is 1.19. The number of amidine groups is 1. The van der Waals surface area contributed by atoms with E-state index in [4.69, 9.17) is 16.9 Å². The van der Waals surface area contributed by atoms with Crippen molar-refractivity contribution in [3.63, 3.8) is 0 Å². The van der Waals surface area contributed by atoms with Gasteiger partial charge in [0.1, 0.15) is 5.84 Å². The van der Waals surface area contributed by atoms with Gasteiger partial charge in [-0.25, -0.2) is 0 Å². The molecular formula is C7H11N3S. The highest BCUT2D eigenvalue weighted by Crippen LogP contribution is 2.13. The summed E-state index contributed by atoms with van der Waals surface area (Å²) in [6.45, 7) is 0.651. The molecule has 0 amide bonds. The van der Waals surface area contributed by atoms with Gasteiger partial charge in [-0.05, 0) is 19.0 Å². The van der Waals surface area contributed by atoms with Gasteiger partial charge in [-0.2, -0.15) is 0 Å².